The summed E-state index contributed by atoms with van der Waals surface area (Å²) in [5.41, 5.74) is -0.392. The summed E-state index contributed by atoms with van der Waals surface area (Å²) in [7, 11) is 0. The van der Waals surface area contributed by atoms with Crippen LogP contribution in [-0.4, -0.2) is 24.2 Å². The van der Waals surface area contributed by atoms with E-state index >= 15 is 0 Å². The molecular formula is C13H16ClFN2O2. The number of nitrogens with one attached hydrogen (secondary N) is 2. The summed E-state index contributed by atoms with van der Waals surface area (Å²) in [6, 6.07) is 5.52. The van der Waals surface area contributed by atoms with E-state index < -0.39 is 17.1 Å². The molecule has 1 rings (SSSR count). The van der Waals surface area contributed by atoms with Crippen molar-refractivity contribution < 1.29 is 14.0 Å². The summed E-state index contributed by atoms with van der Waals surface area (Å²) >= 11 is 5.65. The van der Waals surface area contributed by atoms with Crippen LogP contribution in [0.3, 0.4) is 0 Å². The third-order valence-corrected chi connectivity index (χ3v) is 3.13. The predicted molar refractivity (Wildman–Crippen MR) is 72.5 cm³/mol. The molecule has 0 bridgehead atoms. The Morgan fingerprint density at radius 2 is 2.05 bits per heavy atom. The van der Waals surface area contributed by atoms with Gasteiger partial charge in [-0.2, -0.15) is 0 Å². The first-order chi connectivity index (χ1) is 8.85. The average molecular weight is 287 g/mol. The number of carbonyl (C=O) groups is 2. The van der Waals surface area contributed by atoms with Crippen molar-refractivity contribution in [3.63, 3.8) is 0 Å². The molecule has 0 aliphatic rings. The van der Waals surface area contributed by atoms with Crippen LogP contribution in [0.2, 0.25) is 0 Å². The monoisotopic (exact) mass is 286 g/mol. The zero-order chi connectivity index (χ0) is 14.5. The SMILES string of the molecule is CC(C)(CCl)C(=O)NCC(=O)Nc1cccc(F)c1. The molecule has 0 aliphatic heterocycles. The first kappa shape index (κ1) is 15.4. The number of benzene rings is 1. The molecule has 0 heterocycles. The number of anilines is 1. The molecule has 0 spiro atoms. The molecule has 0 atom stereocenters. The van der Waals surface area contributed by atoms with Crippen molar-refractivity contribution in [2.45, 2.75) is 13.8 Å². The second-order valence-corrected chi connectivity index (χ2v) is 5.03. The second-order valence-electron chi connectivity index (χ2n) is 4.76. The minimum absolute atomic E-state index is 0.157. The van der Waals surface area contributed by atoms with E-state index in [4.69, 9.17) is 11.6 Å². The maximum absolute atomic E-state index is 12.9. The predicted octanol–water partition coefficient (Wildman–Crippen LogP) is 2.15. The van der Waals surface area contributed by atoms with Gasteiger partial charge in [0.25, 0.3) is 0 Å². The topological polar surface area (TPSA) is 58.2 Å². The summed E-state index contributed by atoms with van der Waals surface area (Å²) in [5.74, 6) is -1.02. The van der Waals surface area contributed by atoms with E-state index in [1.54, 1.807) is 19.9 Å². The molecule has 19 heavy (non-hydrogen) atoms. The van der Waals surface area contributed by atoms with Crippen molar-refractivity contribution in [1.29, 1.82) is 0 Å². The standard InChI is InChI=1S/C13H16ClFN2O2/c1-13(2,8-14)12(19)16-7-11(18)17-10-5-3-4-9(15)6-10/h3-6H,7-8H2,1-2H3,(H,16,19)(H,17,18). The Kier molecular flexibility index (Phi) is 5.30. The Balaban J connectivity index is 2.47. The lowest BCUT2D eigenvalue weighted by molar-refractivity contribution is -0.130. The number of hydrogen-bond acceptors (Lipinski definition) is 2. The minimum Gasteiger partial charge on any atom is -0.347 e. The molecule has 1 aromatic rings. The van der Waals surface area contributed by atoms with Crippen LogP contribution in [-0.2, 0) is 9.59 Å². The number of halogens is 2. The van der Waals surface area contributed by atoms with Crippen molar-refractivity contribution in [3.8, 4) is 0 Å². The molecule has 0 unspecified atom stereocenters. The van der Waals surface area contributed by atoms with Gasteiger partial charge >= 0.3 is 0 Å². The van der Waals surface area contributed by atoms with Crippen LogP contribution >= 0.6 is 11.6 Å². The third-order valence-electron chi connectivity index (χ3n) is 2.47. The zero-order valence-electron chi connectivity index (χ0n) is 10.8. The van der Waals surface area contributed by atoms with E-state index in [0.29, 0.717) is 5.69 Å². The molecule has 2 N–H and O–H groups in total. The molecule has 0 aliphatic carbocycles. The third kappa shape index (κ3) is 4.87. The Labute approximate surface area is 116 Å². The Morgan fingerprint density at radius 3 is 2.63 bits per heavy atom. The Morgan fingerprint density at radius 1 is 1.37 bits per heavy atom. The number of alkyl halides is 1. The van der Waals surface area contributed by atoms with Crippen molar-refractivity contribution in [2.24, 2.45) is 5.41 Å². The molecule has 0 saturated carbocycles. The van der Waals surface area contributed by atoms with E-state index in [1.165, 1.54) is 18.2 Å². The largest absolute Gasteiger partial charge is 0.347 e. The molecule has 0 fully saturated rings. The van der Waals surface area contributed by atoms with Gasteiger partial charge in [0.05, 0.1) is 12.0 Å². The molecular weight excluding hydrogens is 271 g/mol. The normalized spacial score (nSPS) is 10.9. The molecule has 4 nitrogen and oxygen atoms in total. The summed E-state index contributed by atoms with van der Waals surface area (Å²) in [4.78, 5) is 23.2. The van der Waals surface area contributed by atoms with Gasteiger partial charge in [-0.25, -0.2) is 4.39 Å². The summed E-state index contributed by atoms with van der Waals surface area (Å²) in [5, 5.41) is 4.96. The van der Waals surface area contributed by atoms with Gasteiger partial charge in [0.1, 0.15) is 5.82 Å². The highest BCUT2D eigenvalue weighted by Crippen LogP contribution is 2.16. The van der Waals surface area contributed by atoms with Crippen LogP contribution in [0, 0.1) is 11.2 Å². The van der Waals surface area contributed by atoms with Crippen molar-refractivity contribution in [1.82, 2.24) is 5.32 Å². The van der Waals surface area contributed by atoms with Crippen LogP contribution in [0.5, 0.6) is 0 Å². The smallest absolute Gasteiger partial charge is 0.243 e. The summed E-state index contributed by atoms with van der Waals surface area (Å²) in [6.45, 7) is 3.18. The number of carbonyl (C=O) groups excluding carboxylic acids is 2. The first-order valence-electron chi connectivity index (χ1n) is 5.75. The Hall–Kier alpha value is -1.62. The highest BCUT2D eigenvalue weighted by molar-refractivity contribution is 6.19. The van der Waals surface area contributed by atoms with Gasteiger partial charge in [-0.05, 0) is 32.0 Å². The fraction of sp³-hybridized carbons (Fsp3) is 0.385. The minimum atomic E-state index is -0.735. The zero-order valence-corrected chi connectivity index (χ0v) is 11.6. The van der Waals surface area contributed by atoms with Crippen molar-refractivity contribution in [3.05, 3.63) is 30.1 Å². The molecule has 104 valence electrons. The Bertz CT molecular complexity index is 477. The molecule has 2 amide bonds. The maximum Gasteiger partial charge on any atom is 0.243 e. The number of amides is 2. The second kappa shape index (κ2) is 6.52. The van der Waals surface area contributed by atoms with Gasteiger partial charge < -0.3 is 10.6 Å². The van der Waals surface area contributed by atoms with Crippen LogP contribution in [0.4, 0.5) is 10.1 Å². The van der Waals surface area contributed by atoms with Gasteiger partial charge in [0.2, 0.25) is 11.8 Å². The number of hydrogen-bond donors (Lipinski definition) is 2. The highest BCUT2D eigenvalue weighted by Gasteiger charge is 2.26. The molecule has 0 radical (unpaired) electrons. The van der Waals surface area contributed by atoms with Crippen LogP contribution in [0.25, 0.3) is 0 Å². The highest BCUT2D eigenvalue weighted by atomic mass is 35.5. The first-order valence-corrected chi connectivity index (χ1v) is 6.28. The van der Waals surface area contributed by atoms with Crippen LogP contribution in [0.1, 0.15) is 13.8 Å². The number of rotatable bonds is 5. The molecule has 0 saturated heterocycles. The van der Waals surface area contributed by atoms with Gasteiger partial charge in [0, 0.05) is 11.6 Å². The lowest BCUT2D eigenvalue weighted by atomic mass is 9.95. The van der Waals surface area contributed by atoms with Crippen molar-refractivity contribution in [2.75, 3.05) is 17.7 Å². The van der Waals surface area contributed by atoms with E-state index in [9.17, 15) is 14.0 Å². The van der Waals surface area contributed by atoms with Crippen LogP contribution < -0.4 is 10.6 Å². The van der Waals surface area contributed by atoms with E-state index in [2.05, 4.69) is 10.6 Å². The van der Waals surface area contributed by atoms with Crippen molar-refractivity contribution >= 4 is 29.1 Å². The van der Waals surface area contributed by atoms with Gasteiger partial charge in [-0.1, -0.05) is 6.07 Å². The molecule has 0 aromatic heterocycles. The van der Waals surface area contributed by atoms with E-state index in [1.807, 2.05) is 0 Å². The summed E-state index contributed by atoms with van der Waals surface area (Å²) in [6.07, 6.45) is 0. The quantitative estimate of drug-likeness (QED) is 0.815. The average Bonchev–Trinajstić information content (AvgIpc) is 2.35. The van der Waals surface area contributed by atoms with Crippen LogP contribution in [0.15, 0.2) is 24.3 Å². The lowest BCUT2D eigenvalue weighted by Crippen LogP contribution is -2.41. The molecule has 6 heteroatoms. The van der Waals surface area contributed by atoms with Gasteiger partial charge in [-0.15, -0.1) is 11.6 Å². The van der Waals surface area contributed by atoms with Gasteiger partial charge in [-0.3, -0.25) is 9.59 Å². The van der Waals surface area contributed by atoms with E-state index in [-0.39, 0.29) is 18.3 Å². The lowest BCUT2D eigenvalue weighted by Gasteiger charge is -2.20. The van der Waals surface area contributed by atoms with Gasteiger partial charge in [0.15, 0.2) is 0 Å². The van der Waals surface area contributed by atoms with E-state index in [0.717, 1.165) is 0 Å². The fourth-order valence-corrected chi connectivity index (χ4v) is 1.35. The summed E-state index contributed by atoms with van der Waals surface area (Å²) < 4.78 is 12.9. The fourth-order valence-electron chi connectivity index (χ4n) is 1.23. The maximum atomic E-state index is 12.9. The molecule has 1 aromatic carbocycles.